The topological polar surface area (TPSA) is 34.2 Å². The molecule has 108 valence electrons. The number of nitrogens with one attached hydrogen (secondary N) is 1. The first-order valence-electron chi connectivity index (χ1n) is 6.91. The normalized spacial score (nSPS) is 12.5. The smallest absolute Gasteiger partial charge is 0.120 e. The van der Waals surface area contributed by atoms with Crippen molar-refractivity contribution in [1.29, 1.82) is 0 Å². The van der Waals surface area contributed by atoms with Crippen LogP contribution in [-0.4, -0.2) is 11.1 Å². The van der Waals surface area contributed by atoms with Gasteiger partial charge in [-0.25, -0.2) is 4.98 Å². The zero-order chi connectivity index (χ0) is 14.7. The molecule has 20 heavy (non-hydrogen) atoms. The van der Waals surface area contributed by atoms with E-state index in [-0.39, 0.29) is 12.1 Å². The fraction of sp³-hybridized carbons (Fsp3) is 0.438. The SMILES string of the molecule is Cc1nc(C(C)Nc2ccc(OC(C)C)cc2C)cs1. The van der Waals surface area contributed by atoms with Crippen LogP contribution in [0.25, 0.3) is 0 Å². The van der Waals surface area contributed by atoms with Gasteiger partial charge in [0, 0.05) is 11.1 Å². The second kappa shape index (κ2) is 6.27. The maximum atomic E-state index is 5.70. The maximum Gasteiger partial charge on any atom is 0.120 e. The largest absolute Gasteiger partial charge is 0.491 e. The van der Waals surface area contributed by atoms with Crippen molar-refractivity contribution in [3.63, 3.8) is 0 Å². The number of rotatable bonds is 5. The summed E-state index contributed by atoms with van der Waals surface area (Å²) in [5.41, 5.74) is 3.40. The number of hydrogen-bond acceptors (Lipinski definition) is 4. The molecule has 0 aliphatic carbocycles. The van der Waals surface area contributed by atoms with Gasteiger partial charge in [-0.05, 0) is 58.4 Å². The third-order valence-electron chi connectivity index (χ3n) is 3.02. The summed E-state index contributed by atoms with van der Waals surface area (Å²) in [7, 11) is 0. The number of benzene rings is 1. The molecule has 0 aliphatic heterocycles. The summed E-state index contributed by atoms with van der Waals surface area (Å²) in [6.45, 7) is 10.3. The first kappa shape index (κ1) is 14.9. The van der Waals surface area contributed by atoms with Crippen molar-refractivity contribution in [2.24, 2.45) is 0 Å². The molecule has 1 unspecified atom stereocenters. The monoisotopic (exact) mass is 290 g/mol. The molecule has 1 aromatic carbocycles. The molecule has 1 atom stereocenters. The Balaban J connectivity index is 2.09. The Bertz CT molecular complexity index is 578. The number of anilines is 1. The van der Waals surface area contributed by atoms with Gasteiger partial charge < -0.3 is 10.1 Å². The number of aryl methyl sites for hydroxylation is 2. The van der Waals surface area contributed by atoms with Gasteiger partial charge in [0.25, 0.3) is 0 Å². The van der Waals surface area contributed by atoms with Crippen LogP contribution < -0.4 is 10.1 Å². The van der Waals surface area contributed by atoms with Crippen LogP contribution in [-0.2, 0) is 0 Å². The van der Waals surface area contributed by atoms with Gasteiger partial charge >= 0.3 is 0 Å². The van der Waals surface area contributed by atoms with Crippen molar-refractivity contribution in [3.8, 4) is 5.75 Å². The molecule has 0 spiro atoms. The van der Waals surface area contributed by atoms with Gasteiger partial charge in [0.1, 0.15) is 5.75 Å². The summed E-state index contributed by atoms with van der Waals surface area (Å²) in [5, 5.41) is 6.72. The van der Waals surface area contributed by atoms with Crippen LogP contribution >= 0.6 is 11.3 Å². The number of hydrogen-bond donors (Lipinski definition) is 1. The number of thiazole rings is 1. The van der Waals surface area contributed by atoms with E-state index in [1.165, 1.54) is 5.56 Å². The van der Waals surface area contributed by atoms with Crippen LogP contribution in [0.1, 0.15) is 43.1 Å². The highest BCUT2D eigenvalue weighted by Crippen LogP contribution is 2.26. The lowest BCUT2D eigenvalue weighted by Gasteiger charge is -2.17. The van der Waals surface area contributed by atoms with E-state index in [1.54, 1.807) is 11.3 Å². The summed E-state index contributed by atoms with van der Waals surface area (Å²) >= 11 is 1.69. The second-order valence-corrected chi connectivity index (χ2v) is 6.36. The number of nitrogens with zero attached hydrogens (tertiary/aromatic N) is 1. The standard InChI is InChI=1S/C16H22N2OS/c1-10(2)19-14-6-7-15(11(3)8-14)17-12(4)16-9-20-13(5)18-16/h6-10,12,17H,1-5H3. The first-order valence-corrected chi connectivity index (χ1v) is 7.79. The molecule has 0 saturated carbocycles. The van der Waals surface area contributed by atoms with Crippen molar-refractivity contribution in [2.45, 2.75) is 46.8 Å². The van der Waals surface area contributed by atoms with E-state index in [2.05, 4.69) is 41.7 Å². The zero-order valence-corrected chi connectivity index (χ0v) is 13.5. The van der Waals surface area contributed by atoms with Gasteiger partial charge in [0.05, 0.1) is 22.8 Å². The highest BCUT2D eigenvalue weighted by molar-refractivity contribution is 7.09. The van der Waals surface area contributed by atoms with Crippen LogP contribution in [0.15, 0.2) is 23.6 Å². The summed E-state index contributed by atoms with van der Waals surface area (Å²) in [6.07, 6.45) is 0.199. The van der Waals surface area contributed by atoms with E-state index in [0.29, 0.717) is 0 Å². The van der Waals surface area contributed by atoms with Gasteiger partial charge in [-0.3, -0.25) is 0 Å². The van der Waals surface area contributed by atoms with Crippen molar-refractivity contribution in [2.75, 3.05) is 5.32 Å². The average molecular weight is 290 g/mol. The molecule has 1 N–H and O–H groups in total. The molecule has 1 aromatic heterocycles. The molecule has 1 heterocycles. The molecule has 3 nitrogen and oxygen atoms in total. The fourth-order valence-corrected chi connectivity index (χ4v) is 2.74. The van der Waals surface area contributed by atoms with E-state index < -0.39 is 0 Å². The Morgan fingerprint density at radius 1 is 1.20 bits per heavy atom. The van der Waals surface area contributed by atoms with Crippen molar-refractivity contribution in [3.05, 3.63) is 39.8 Å². The highest BCUT2D eigenvalue weighted by Gasteiger charge is 2.10. The quantitative estimate of drug-likeness (QED) is 0.865. The highest BCUT2D eigenvalue weighted by atomic mass is 32.1. The Hall–Kier alpha value is -1.55. The lowest BCUT2D eigenvalue weighted by Crippen LogP contribution is -2.09. The Morgan fingerprint density at radius 2 is 1.95 bits per heavy atom. The predicted molar refractivity (Wildman–Crippen MR) is 85.8 cm³/mol. The van der Waals surface area contributed by atoms with E-state index in [4.69, 9.17) is 4.74 Å². The molecule has 4 heteroatoms. The van der Waals surface area contributed by atoms with Crippen molar-refractivity contribution < 1.29 is 4.74 Å². The van der Waals surface area contributed by atoms with Crippen molar-refractivity contribution >= 4 is 17.0 Å². The van der Waals surface area contributed by atoms with Crippen LogP contribution in [0.5, 0.6) is 5.75 Å². The third-order valence-corrected chi connectivity index (χ3v) is 3.81. The number of aromatic nitrogens is 1. The zero-order valence-electron chi connectivity index (χ0n) is 12.7. The van der Waals surface area contributed by atoms with Crippen LogP contribution in [0, 0.1) is 13.8 Å². The van der Waals surface area contributed by atoms with Gasteiger partial charge in [0.15, 0.2) is 0 Å². The molecule has 0 fully saturated rings. The van der Waals surface area contributed by atoms with Gasteiger partial charge in [-0.2, -0.15) is 0 Å². The molecule has 0 amide bonds. The number of ether oxygens (including phenoxy) is 1. The molecular weight excluding hydrogens is 268 g/mol. The molecule has 2 rings (SSSR count). The molecule has 0 radical (unpaired) electrons. The van der Waals surface area contributed by atoms with Crippen LogP contribution in [0.2, 0.25) is 0 Å². The summed E-state index contributed by atoms with van der Waals surface area (Å²) in [5.74, 6) is 0.917. The Morgan fingerprint density at radius 3 is 2.50 bits per heavy atom. The van der Waals surface area contributed by atoms with E-state index in [0.717, 1.165) is 22.1 Å². The lowest BCUT2D eigenvalue weighted by atomic mass is 10.1. The first-order chi connectivity index (χ1) is 9.45. The second-order valence-electron chi connectivity index (χ2n) is 5.30. The predicted octanol–water partition coefficient (Wildman–Crippen LogP) is 4.72. The van der Waals surface area contributed by atoms with Gasteiger partial charge in [-0.1, -0.05) is 0 Å². The van der Waals surface area contributed by atoms with Gasteiger partial charge in [0.2, 0.25) is 0 Å². The van der Waals surface area contributed by atoms with Gasteiger partial charge in [-0.15, -0.1) is 11.3 Å². The molecular formula is C16H22N2OS. The van der Waals surface area contributed by atoms with Crippen LogP contribution in [0.3, 0.4) is 0 Å². The summed E-state index contributed by atoms with van der Waals surface area (Å²) in [6, 6.07) is 6.36. The van der Waals surface area contributed by atoms with E-state index >= 15 is 0 Å². The van der Waals surface area contributed by atoms with E-state index in [1.807, 2.05) is 26.8 Å². The molecule has 2 aromatic rings. The minimum Gasteiger partial charge on any atom is -0.491 e. The van der Waals surface area contributed by atoms with Crippen LogP contribution in [0.4, 0.5) is 5.69 Å². The minimum absolute atomic E-state index is 0.199. The van der Waals surface area contributed by atoms with Crippen molar-refractivity contribution in [1.82, 2.24) is 4.98 Å². The molecule has 0 saturated heterocycles. The Kier molecular flexibility index (Phi) is 4.65. The minimum atomic E-state index is 0.199. The lowest BCUT2D eigenvalue weighted by molar-refractivity contribution is 0.242. The molecule has 0 bridgehead atoms. The molecule has 0 aliphatic rings. The third kappa shape index (κ3) is 3.73. The summed E-state index contributed by atoms with van der Waals surface area (Å²) < 4.78 is 5.70. The Labute approximate surface area is 125 Å². The summed E-state index contributed by atoms with van der Waals surface area (Å²) in [4.78, 5) is 4.52. The fourth-order valence-electron chi connectivity index (χ4n) is 2.03. The maximum absolute atomic E-state index is 5.70. The van der Waals surface area contributed by atoms with E-state index in [9.17, 15) is 0 Å². The average Bonchev–Trinajstić information content (AvgIpc) is 2.78.